The van der Waals surface area contributed by atoms with Crippen molar-refractivity contribution >= 4 is 17.5 Å². The lowest BCUT2D eigenvalue weighted by Gasteiger charge is -2.27. The van der Waals surface area contributed by atoms with E-state index < -0.39 is 17.2 Å². The van der Waals surface area contributed by atoms with Gasteiger partial charge in [0.1, 0.15) is 12.2 Å². The number of rotatable bonds is 3. The molecule has 4 heterocycles. The van der Waals surface area contributed by atoms with Gasteiger partial charge in [-0.15, -0.1) is 0 Å². The second kappa shape index (κ2) is 8.66. The minimum atomic E-state index is -0.672. The Labute approximate surface area is 199 Å². The summed E-state index contributed by atoms with van der Waals surface area (Å²) < 4.78 is 13.5. The summed E-state index contributed by atoms with van der Waals surface area (Å²) in [6, 6.07) is 9.90. The number of aromatic nitrogens is 2. The summed E-state index contributed by atoms with van der Waals surface area (Å²) in [5.41, 5.74) is 2.86. The zero-order valence-electron chi connectivity index (χ0n) is 20.6. The SMILES string of the molecule is Cc1cccn2c(C(C)(C)NC(=O)c3nccc4c3OCCN(C(=O)OC(C)(C)C)C4)ccc12. The summed E-state index contributed by atoms with van der Waals surface area (Å²) in [7, 11) is 0. The molecule has 4 rings (SSSR count). The number of hydrogen-bond donors (Lipinski definition) is 1. The molecule has 0 saturated carbocycles. The highest BCUT2D eigenvalue weighted by Crippen LogP contribution is 2.29. The van der Waals surface area contributed by atoms with E-state index in [4.69, 9.17) is 9.47 Å². The van der Waals surface area contributed by atoms with Crippen molar-refractivity contribution in [2.45, 2.75) is 59.2 Å². The van der Waals surface area contributed by atoms with Crippen LogP contribution in [-0.2, 0) is 16.8 Å². The van der Waals surface area contributed by atoms with Gasteiger partial charge in [0.05, 0.1) is 18.6 Å². The molecule has 2 amide bonds. The van der Waals surface area contributed by atoms with Crippen molar-refractivity contribution in [3.8, 4) is 5.75 Å². The summed E-state index contributed by atoms with van der Waals surface area (Å²) in [5, 5.41) is 3.11. The molecule has 8 heteroatoms. The molecule has 0 spiro atoms. The van der Waals surface area contributed by atoms with Gasteiger partial charge in [0.2, 0.25) is 0 Å². The van der Waals surface area contributed by atoms with Crippen LogP contribution in [0.5, 0.6) is 5.75 Å². The van der Waals surface area contributed by atoms with E-state index in [0.717, 1.165) is 16.8 Å². The lowest BCUT2D eigenvalue weighted by Crippen LogP contribution is -2.42. The molecular weight excluding hydrogens is 432 g/mol. The Morgan fingerprint density at radius 3 is 2.62 bits per heavy atom. The first-order chi connectivity index (χ1) is 16.0. The van der Waals surface area contributed by atoms with Gasteiger partial charge in [0, 0.05) is 29.2 Å². The predicted molar refractivity (Wildman–Crippen MR) is 129 cm³/mol. The molecule has 0 fully saturated rings. The fourth-order valence-corrected chi connectivity index (χ4v) is 4.17. The molecule has 3 aromatic rings. The predicted octanol–water partition coefficient (Wildman–Crippen LogP) is 4.44. The molecule has 0 aliphatic carbocycles. The molecule has 1 aliphatic rings. The number of amides is 2. The van der Waals surface area contributed by atoms with Crippen LogP contribution >= 0.6 is 0 Å². The second-order valence-corrected chi connectivity index (χ2v) is 10.1. The fraction of sp³-hybridized carbons (Fsp3) is 0.423. The van der Waals surface area contributed by atoms with Crippen molar-refractivity contribution in [1.82, 2.24) is 19.6 Å². The van der Waals surface area contributed by atoms with Crippen LogP contribution in [-0.4, -0.2) is 45.0 Å². The highest BCUT2D eigenvalue weighted by molar-refractivity contribution is 5.96. The largest absolute Gasteiger partial charge is 0.489 e. The average Bonchev–Trinajstić information content (AvgIpc) is 3.07. The van der Waals surface area contributed by atoms with Gasteiger partial charge >= 0.3 is 6.09 Å². The molecule has 3 aromatic heterocycles. The maximum atomic E-state index is 13.4. The molecule has 0 unspecified atom stereocenters. The van der Waals surface area contributed by atoms with Crippen LogP contribution in [0, 0.1) is 6.92 Å². The first-order valence-corrected chi connectivity index (χ1v) is 11.4. The van der Waals surface area contributed by atoms with Gasteiger partial charge in [-0.05, 0) is 71.4 Å². The van der Waals surface area contributed by atoms with Crippen molar-refractivity contribution in [1.29, 1.82) is 0 Å². The third kappa shape index (κ3) is 4.71. The Hall–Kier alpha value is -3.55. The van der Waals surface area contributed by atoms with Crippen LogP contribution in [0.2, 0.25) is 0 Å². The van der Waals surface area contributed by atoms with Crippen molar-refractivity contribution in [2.24, 2.45) is 0 Å². The van der Waals surface area contributed by atoms with Gasteiger partial charge in [-0.25, -0.2) is 9.78 Å². The number of aryl methyl sites for hydroxylation is 1. The Balaban J connectivity index is 1.58. The Bertz CT molecular complexity index is 1240. The van der Waals surface area contributed by atoms with Crippen molar-refractivity contribution in [2.75, 3.05) is 13.2 Å². The van der Waals surface area contributed by atoms with Gasteiger partial charge < -0.3 is 24.1 Å². The van der Waals surface area contributed by atoms with Crippen molar-refractivity contribution in [3.05, 3.63) is 65.2 Å². The lowest BCUT2D eigenvalue weighted by atomic mass is 10.00. The van der Waals surface area contributed by atoms with E-state index >= 15 is 0 Å². The number of fused-ring (bicyclic) bond motifs is 2. The standard InChI is InChI=1S/C26H32N4O4/c1-17-8-7-13-30-19(17)9-10-20(30)26(5,6)28-23(31)21-22-18(11-12-27-21)16-29(14-15-33-22)24(32)34-25(2,3)4/h7-13H,14-16H2,1-6H3,(H,28,31). The number of carbonyl (C=O) groups is 2. The average molecular weight is 465 g/mol. The van der Waals surface area contributed by atoms with Crippen LogP contribution in [0.4, 0.5) is 4.79 Å². The first-order valence-electron chi connectivity index (χ1n) is 11.4. The molecule has 34 heavy (non-hydrogen) atoms. The quantitative estimate of drug-likeness (QED) is 0.620. The topological polar surface area (TPSA) is 85.2 Å². The Kier molecular flexibility index (Phi) is 6.02. The third-order valence-corrected chi connectivity index (χ3v) is 5.79. The number of pyridine rings is 2. The van der Waals surface area contributed by atoms with Gasteiger partial charge in [0.25, 0.3) is 5.91 Å². The molecule has 8 nitrogen and oxygen atoms in total. The normalized spacial score (nSPS) is 14.2. The summed E-state index contributed by atoms with van der Waals surface area (Å²) >= 11 is 0. The first kappa shape index (κ1) is 23.6. The number of carbonyl (C=O) groups excluding carboxylic acids is 2. The summed E-state index contributed by atoms with van der Waals surface area (Å²) in [5.74, 6) is 0.0629. The van der Waals surface area contributed by atoms with Gasteiger partial charge in [-0.2, -0.15) is 0 Å². The molecule has 1 N–H and O–H groups in total. The smallest absolute Gasteiger partial charge is 0.410 e. The minimum Gasteiger partial charge on any atom is -0.489 e. The number of hydrogen-bond acceptors (Lipinski definition) is 5. The highest BCUT2D eigenvalue weighted by atomic mass is 16.6. The lowest BCUT2D eigenvalue weighted by molar-refractivity contribution is 0.0225. The maximum Gasteiger partial charge on any atom is 0.410 e. The second-order valence-electron chi connectivity index (χ2n) is 10.1. The van der Waals surface area contributed by atoms with E-state index in [1.165, 1.54) is 0 Å². The van der Waals surface area contributed by atoms with E-state index in [9.17, 15) is 9.59 Å². The zero-order valence-corrected chi connectivity index (χ0v) is 20.6. The zero-order chi connectivity index (χ0) is 24.7. The van der Waals surface area contributed by atoms with Gasteiger partial charge in [-0.1, -0.05) is 6.07 Å². The highest BCUT2D eigenvalue weighted by Gasteiger charge is 2.31. The van der Waals surface area contributed by atoms with Crippen LogP contribution in [0.1, 0.15) is 61.9 Å². The van der Waals surface area contributed by atoms with Crippen molar-refractivity contribution in [3.63, 3.8) is 0 Å². The van der Waals surface area contributed by atoms with Gasteiger partial charge in [0.15, 0.2) is 11.4 Å². The molecule has 1 aliphatic heterocycles. The Morgan fingerprint density at radius 1 is 1.12 bits per heavy atom. The van der Waals surface area contributed by atoms with Crippen LogP contribution in [0.15, 0.2) is 42.7 Å². The maximum absolute atomic E-state index is 13.4. The van der Waals surface area contributed by atoms with E-state index in [1.807, 2.05) is 52.9 Å². The summed E-state index contributed by atoms with van der Waals surface area (Å²) in [6.45, 7) is 12.3. The molecule has 0 saturated heterocycles. The van der Waals surface area contributed by atoms with Crippen molar-refractivity contribution < 1.29 is 19.1 Å². The monoisotopic (exact) mass is 464 g/mol. The summed E-state index contributed by atoms with van der Waals surface area (Å²) in [4.78, 5) is 31.9. The number of nitrogens with one attached hydrogen (secondary N) is 1. The van der Waals surface area contributed by atoms with Crippen LogP contribution in [0.25, 0.3) is 5.52 Å². The van der Waals surface area contributed by atoms with E-state index in [-0.39, 0.29) is 24.8 Å². The van der Waals surface area contributed by atoms with Gasteiger partial charge in [-0.3, -0.25) is 4.79 Å². The van der Waals surface area contributed by atoms with E-state index in [0.29, 0.717) is 17.9 Å². The molecule has 0 atom stereocenters. The summed E-state index contributed by atoms with van der Waals surface area (Å²) in [6.07, 6.45) is 3.15. The minimum absolute atomic E-state index is 0.202. The number of nitrogens with zero attached hydrogens (tertiary/aromatic N) is 3. The number of ether oxygens (including phenoxy) is 2. The molecule has 0 bridgehead atoms. The third-order valence-electron chi connectivity index (χ3n) is 5.79. The van der Waals surface area contributed by atoms with E-state index in [1.54, 1.807) is 17.2 Å². The van der Waals surface area contributed by atoms with Crippen LogP contribution < -0.4 is 10.1 Å². The molecule has 0 aromatic carbocycles. The molecular formula is C26H32N4O4. The molecule has 180 valence electrons. The fourth-order valence-electron chi connectivity index (χ4n) is 4.17. The molecule has 0 radical (unpaired) electrons. The Morgan fingerprint density at radius 2 is 1.88 bits per heavy atom. The van der Waals surface area contributed by atoms with Crippen LogP contribution in [0.3, 0.4) is 0 Å². The van der Waals surface area contributed by atoms with E-state index in [2.05, 4.69) is 33.8 Å².